The summed E-state index contributed by atoms with van der Waals surface area (Å²) in [5.41, 5.74) is 0. The zero-order valence-electron chi connectivity index (χ0n) is 7.58. The molecule has 12 heavy (non-hydrogen) atoms. The van der Waals surface area contributed by atoms with E-state index in [-0.39, 0.29) is 0 Å². The maximum absolute atomic E-state index is 4.21. The lowest BCUT2D eigenvalue weighted by Gasteiger charge is -2.02. The first kappa shape index (κ1) is 9.61. The Morgan fingerprint density at radius 3 is 3.08 bits per heavy atom. The van der Waals surface area contributed by atoms with Crippen LogP contribution in [0.3, 0.4) is 0 Å². The smallest absolute Gasteiger partial charge is 0.122 e. The van der Waals surface area contributed by atoms with Crippen molar-refractivity contribution in [2.24, 2.45) is 7.05 Å². The van der Waals surface area contributed by atoms with Gasteiger partial charge in [-0.2, -0.15) is 11.8 Å². The average Bonchev–Trinajstić information content (AvgIpc) is 2.46. The van der Waals surface area contributed by atoms with Crippen molar-refractivity contribution in [2.45, 2.75) is 6.54 Å². The molecule has 1 N–H and O–H groups in total. The summed E-state index contributed by atoms with van der Waals surface area (Å²) < 4.78 is 2.03. The van der Waals surface area contributed by atoms with E-state index in [1.165, 1.54) is 0 Å². The van der Waals surface area contributed by atoms with E-state index in [0.717, 1.165) is 24.7 Å². The van der Waals surface area contributed by atoms with E-state index in [1.54, 1.807) is 0 Å². The van der Waals surface area contributed by atoms with Gasteiger partial charge in [0, 0.05) is 31.7 Å². The number of hydrogen-bond acceptors (Lipinski definition) is 3. The molecule has 4 heteroatoms. The highest BCUT2D eigenvalue weighted by molar-refractivity contribution is 7.98. The predicted molar refractivity (Wildman–Crippen MR) is 53.3 cm³/mol. The number of hydrogen-bond donors (Lipinski definition) is 1. The van der Waals surface area contributed by atoms with Gasteiger partial charge in [-0.15, -0.1) is 0 Å². The molecule has 0 bridgehead atoms. The first-order valence-corrected chi connectivity index (χ1v) is 5.40. The zero-order valence-corrected chi connectivity index (χ0v) is 8.40. The van der Waals surface area contributed by atoms with Gasteiger partial charge < -0.3 is 9.88 Å². The summed E-state index contributed by atoms with van der Waals surface area (Å²) in [6.07, 6.45) is 5.90. The Bertz CT molecular complexity index is 222. The summed E-state index contributed by atoms with van der Waals surface area (Å²) in [5, 5.41) is 3.33. The van der Waals surface area contributed by atoms with Crippen molar-refractivity contribution in [1.82, 2.24) is 14.9 Å². The Labute approximate surface area is 77.6 Å². The summed E-state index contributed by atoms with van der Waals surface area (Å²) in [6.45, 7) is 1.91. The molecular formula is C8H15N3S. The van der Waals surface area contributed by atoms with E-state index in [4.69, 9.17) is 0 Å². The number of thioether (sulfide) groups is 1. The topological polar surface area (TPSA) is 29.9 Å². The number of nitrogens with one attached hydrogen (secondary N) is 1. The Balaban J connectivity index is 2.20. The molecule has 0 saturated heterocycles. The van der Waals surface area contributed by atoms with Gasteiger partial charge in [-0.1, -0.05) is 0 Å². The summed E-state index contributed by atoms with van der Waals surface area (Å²) in [4.78, 5) is 4.21. The first-order chi connectivity index (χ1) is 5.84. The van der Waals surface area contributed by atoms with Gasteiger partial charge in [-0.05, 0) is 6.26 Å². The van der Waals surface area contributed by atoms with E-state index in [1.807, 2.05) is 35.8 Å². The van der Waals surface area contributed by atoms with Crippen molar-refractivity contribution in [1.29, 1.82) is 0 Å². The Hall–Kier alpha value is -0.480. The van der Waals surface area contributed by atoms with Crippen LogP contribution in [0.5, 0.6) is 0 Å². The summed E-state index contributed by atoms with van der Waals surface area (Å²) >= 11 is 1.85. The number of aromatic nitrogens is 2. The third-order valence-electron chi connectivity index (χ3n) is 1.69. The van der Waals surface area contributed by atoms with Crippen molar-refractivity contribution < 1.29 is 0 Å². The van der Waals surface area contributed by atoms with Crippen molar-refractivity contribution in [3.63, 3.8) is 0 Å². The molecule has 1 aromatic rings. The van der Waals surface area contributed by atoms with Crippen LogP contribution in [0.2, 0.25) is 0 Å². The number of aryl methyl sites for hydroxylation is 1. The molecule has 0 unspecified atom stereocenters. The molecule has 1 aromatic heterocycles. The SMILES string of the molecule is CSCCNCc1nccn1C. The molecule has 68 valence electrons. The second-order valence-electron chi connectivity index (χ2n) is 2.62. The van der Waals surface area contributed by atoms with Crippen LogP contribution in [0.25, 0.3) is 0 Å². The zero-order chi connectivity index (χ0) is 8.81. The fourth-order valence-electron chi connectivity index (χ4n) is 0.941. The van der Waals surface area contributed by atoms with Crippen LogP contribution >= 0.6 is 11.8 Å². The van der Waals surface area contributed by atoms with Crippen molar-refractivity contribution in [2.75, 3.05) is 18.6 Å². The molecule has 0 aliphatic rings. The van der Waals surface area contributed by atoms with Gasteiger partial charge in [-0.25, -0.2) is 4.98 Å². The van der Waals surface area contributed by atoms with Gasteiger partial charge in [0.25, 0.3) is 0 Å². The molecule has 0 fully saturated rings. The second kappa shape index (κ2) is 5.22. The van der Waals surface area contributed by atoms with Gasteiger partial charge in [0.1, 0.15) is 5.82 Å². The standard InChI is InChI=1S/C8H15N3S/c1-11-5-3-10-8(11)7-9-4-6-12-2/h3,5,9H,4,6-7H2,1-2H3. The minimum atomic E-state index is 0.865. The lowest BCUT2D eigenvalue weighted by Crippen LogP contribution is -2.18. The van der Waals surface area contributed by atoms with E-state index in [2.05, 4.69) is 16.6 Å². The monoisotopic (exact) mass is 185 g/mol. The van der Waals surface area contributed by atoms with Crippen molar-refractivity contribution in [3.05, 3.63) is 18.2 Å². The Morgan fingerprint density at radius 2 is 2.50 bits per heavy atom. The van der Waals surface area contributed by atoms with Crippen LogP contribution in [0, 0.1) is 0 Å². The normalized spacial score (nSPS) is 10.5. The lowest BCUT2D eigenvalue weighted by atomic mass is 10.5. The number of rotatable bonds is 5. The molecule has 0 amide bonds. The average molecular weight is 185 g/mol. The van der Waals surface area contributed by atoms with Crippen LogP contribution in [0.4, 0.5) is 0 Å². The lowest BCUT2D eigenvalue weighted by molar-refractivity contribution is 0.665. The van der Waals surface area contributed by atoms with Crippen LogP contribution in [0.15, 0.2) is 12.4 Å². The molecule has 0 radical (unpaired) electrons. The van der Waals surface area contributed by atoms with Crippen LogP contribution in [0.1, 0.15) is 5.82 Å². The summed E-state index contributed by atoms with van der Waals surface area (Å²) in [5.74, 6) is 2.25. The molecule has 1 heterocycles. The molecule has 0 aliphatic heterocycles. The van der Waals surface area contributed by atoms with Crippen molar-refractivity contribution >= 4 is 11.8 Å². The molecule has 0 aliphatic carbocycles. The van der Waals surface area contributed by atoms with Gasteiger partial charge in [0.05, 0.1) is 6.54 Å². The molecule has 0 atom stereocenters. The molecule has 0 spiro atoms. The molecule has 0 aromatic carbocycles. The minimum Gasteiger partial charge on any atom is -0.337 e. The van der Waals surface area contributed by atoms with E-state index in [0.29, 0.717) is 0 Å². The van der Waals surface area contributed by atoms with E-state index >= 15 is 0 Å². The molecular weight excluding hydrogens is 170 g/mol. The summed E-state index contributed by atoms with van der Waals surface area (Å²) in [6, 6.07) is 0. The largest absolute Gasteiger partial charge is 0.337 e. The van der Waals surface area contributed by atoms with Gasteiger partial charge in [-0.3, -0.25) is 0 Å². The second-order valence-corrected chi connectivity index (χ2v) is 3.61. The van der Waals surface area contributed by atoms with Crippen LogP contribution in [-0.2, 0) is 13.6 Å². The Kier molecular flexibility index (Phi) is 4.18. The molecule has 3 nitrogen and oxygen atoms in total. The van der Waals surface area contributed by atoms with Crippen LogP contribution in [-0.4, -0.2) is 28.1 Å². The van der Waals surface area contributed by atoms with E-state index in [9.17, 15) is 0 Å². The fraction of sp³-hybridized carbons (Fsp3) is 0.625. The maximum Gasteiger partial charge on any atom is 0.122 e. The predicted octanol–water partition coefficient (Wildman–Crippen LogP) is 0.873. The van der Waals surface area contributed by atoms with Crippen molar-refractivity contribution in [3.8, 4) is 0 Å². The highest BCUT2D eigenvalue weighted by Gasteiger charge is 1.96. The van der Waals surface area contributed by atoms with Gasteiger partial charge >= 0.3 is 0 Å². The van der Waals surface area contributed by atoms with Gasteiger partial charge in [0.15, 0.2) is 0 Å². The minimum absolute atomic E-state index is 0.865. The fourth-order valence-corrected chi connectivity index (χ4v) is 1.29. The maximum atomic E-state index is 4.21. The highest BCUT2D eigenvalue weighted by Crippen LogP contribution is 1.93. The molecule has 1 rings (SSSR count). The summed E-state index contributed by atoms with van der Waals surface area (Å²) in [7, 11) is 2.01. The quantitative estimate of drug-likeness (QED) is 0.690. The van der Waals surface area contributed by atoms with Gasteiger partial charge in [0.2, 0.25) is 0 Å². The van der Waals surface area contributed by atoms with E-state index < -0.39 is 0 Å². The third-order valence-corrected chi connectivity index (χ3v) is 2.30. The molecule has 0 saturated carbocycles. The Morgan fingerprint density at radius 1 is 1.67 bits per heavy atom. The number of nitrogens with zero attached hydrogens (tertiary/aromatic N) is 2. The van der Waals surface area contributed by atoms with Crippen LogP contribution < -0.4 is 5.32 Å². The number of imidazole rings is 1. The highest BCUT2D eigenvalue weighted by atomic mass is 32.2. The third kappa shape index (κ3) is 2.87. The first-order valence-electron chi connectivity index (χ1n) is 4.00.